The Morgan fingerprint density at radius 3 is 2.94 bits per heavy atom. The van der Waals surface area contributed by atoms with Crippen molar-refractivity contribution < 1.29 is 9.21 Å². The second-order valence-corrected chi connectivity index (χ2v) is 3.95. The first kappa shape index (κ1) is 12.1. The van der Waals surface area contributed by atoms with Gasteiger partial charge < -0.3 is 14.7 Å². The van der Waals surface area contributed by atoms with Gasteiger partial charge in [-0.3, -0.25) is 9.59 Å². The molecule has 0 saturated carbocycles. The Balaban J connectivity index is 2.49. The number of amides is 1. The van der Waals surface area contributed by atoms with Gasteiger partial charge in [0.05, 0.1) is 11.9 Å². The fourth-order valence-electron chi connectivity index (χ4n) is 1.65. The number of carbonyl (C=O) groups is 1. The van der Waals surface area contributed by atoms with Crippen LogP contribution in [0.1, 0.15) is 18.2 Å². The van der Waals surface area contributed by atoms with Gasteiger partial charge in [0.15, 0.2) is 17.6 Å². The van der Waals surface area contributed by atoms with Gasteiger partial charge in [-0.25, -0.2) is 4.98 Å². The molecule has 0 fully saturated rings. The molecule has 0 saturated heterocycles. The van der Waals surface area contributed by atoms with Gasteiger partial charge in [0, 0.05) is 30.8 Å². The van der Waals surface area contributed by atoms with E-state index in [1.54, 1.807) is 6.92 Å². The fourth-order valence-corrected chi connectivity index (χ4v) is 1.65. The van der Waals surface area contributed by atoms with Crippen LogP contribution in [0.5, 0.6) is 0 Å². The molecular weight excluding hydrogens is 234 g/mol. The molecule has 6 nitrogen and oxygen atoms in total. The molecule has 0 aliphatic rings. The van der Waals surface area contributed by atoms with E-state index in [-0.39, 0.29) is 17.9 Å². The number of aromatic amines is 1. The van der Waals surface area contributed by atoms with Gasteiger partial charge in [-0.15, -0.1) is 0 Å². The number of nitrogens with one attached hydrogen (secondary N) is 2. The molecule has 0 aliphatic carbocycles. The van der Waals surface area contributed by atoms with Crippen molar-refractivity contribution in [1.82, 2.24) is 15.3 Å². The van der Waals surface area contributed by atoms with Crippen molar-refractivity contribution in [1.29, 1.82) is 0 Å². The predicted octanol–water partition coefficient (Wildman–Crippen LogP) is 0.974. The van der Waals surface area contributed by atoms with E-state index in [9.17, 15) is 9.59 Å². The minimum absolute atomic E-state index is 0.147. The number of nitrogens with zero attached hydrogens (tertiary/aromatic N) is 1. The molecule has 0 bridgehead atoms. The van der Waals surface area contributed by atoms with Crippen LogP contribution < -0.4 is 10.7 Å². The van der Waals surface area contributed by atoms with Crippen LogP contribution in [0, 0.1) is 6.92 Å². The summed E-state index contributed by atoms with van der Waals surface area (Å²) >= 11 is 0. The van der Waals surface area contributed by atoms with E-state index < -0.39 is 0 Å². The first-order valence-electron chi connectivity index (χ1n) is 5.44. The summed E-state index contributed by atoms with van der Waals surface area (Å²) in [4.78, 5) is 29.7. The maximum atomic E-state index is 11.9. The molecule has 0 radical (unpaired) electrons. The van der Waals surface area contributed by atoms with Crippen LogP contribution in [-0.4, -0.2) is 15.9 Å². The van der Waals surface area contributed by atoms with Gasteiger partial charge in [-0.05, 0) is 6.92 Å². The molecule has 2 aromatic heterocycles. The van der Waals surface area contributed by atoms with E-state index in [1.165, 1.54) is 25.6 Å². The summed E-state index contributed by atoms with van der Waals surface area (Å²) in [6, 6.07) is 1.48. The van der Waals surface area contributed by atoms with Gasteiger partial charge in [0.1, 0.15) is 0 Å². The highest BCUT2D eigenvalue weighted by Crippen LogP contribution is 2.18. The molecule has 0 unspecified atom stereocenters. The van der Waals surface area contributed by atoms with Gasteiger partial charge in [0.2, 0.25) is 5.91 Å². The van der Waals surface area contributed by atoms with Crippen molar-refractivity contribution in [2.75, 3.05) is 0 Å². The SMILES string of the molecule is CC(=O)NCc1c(-c2cnco2)[nH]c(C)cc1=O. The normalized spacial score (nSPS) is 10.3. The molecule has 1 amide bonds. The van der Waals surface area contributed by atoms with Crippen LogP contribution >= 0.6 is 0 Å². The quantitative estimate of drug-likeness (QED) is 0.846. The number of hydrogen-bond donors (Lipinski definition) is 2. The number of rotatable bonds is 3. The minimum Gasteiger partial charge on any atom is -0.442 e. The second kappa shape index (κ2) is 4.87. The Labute approximate surface area is 103 Å². The number of pyridine rings is 1. The average Bonchev–Trinajstić information content (AvgIpc) is 2.79. The van der Waals surface area contributed by atoms with E-state index in [1.807, 2.05) is 0 Å². The molecule has 2 heterocycles. The molecule has 2 rings (SSSR count). The molecule has 2 aromatic rings. The lowest BCUT2D eigenvalue weighted by Crippen LogP contribution is -2.24. The number of aryl methyl sites for hydroxylation is 1. The smallest absolute Gasteiger partial charge is 0.217 e. The van der Waals surface area contributed by atoms with Crippen LogP contribution in [0.2, 0.25) is 0 Å². The van der Waals surface area contributed by atoms with Crippen molar-refractivity contribution in [3.05, 3.63) is 40.1 Å². The Morgan fingerprint density at radius 2 is 2.33 bits per heavy atom. The molecular formula is C12H13N3O3. The third kappa shape index (κ3) is 2.48. The lowest BCUT2D eigenvalue weighted by molar-refractivity contribution is -0.119. The largest absolute Gasteiger partial charge is 0.442 e. The Kier molecular flexibility index (Phi) is 3.27. The summed E-state index contributed by atoms with van der Waals surface area (Å²) in [5.74, 6) is 0.273. The monoisotopic (exact) mass is 247 g/mol. The van der Waals surface area contributed by atoms with Crippen molar-refractivity contribution in [2.24, 2.45) is 0 Å². The van der Waals surface area contributed by atoms with E-state index in [2.05, 4.69) is 15.3 Å². The Bertz CT molecular complexity index is 614. The fraction of sp³-hybridized carbons (Fsp3) is 0.250. The highest BCUT2D eigenvalue weighted by molar-refractivity contribution is 5.73. The summed E-state index contributed by atoms with van der Waals surface area (Å²) in [5, 5.41) is 2.60. The summed E-state index contributed by atoms with van der Waals surface area (Å²) in [6.45, 7) is 3.33. The maximum absolute atomic E-state index is 11.9. The maximum Gasteiger partial charge on any atom is 0.217 e. The first-order valence-corrected chi connectivity index (χ1v) is 5.44. The van der Waals surface area contributed by atoms with Crippen molar-refractivity contribution in [3.63, 3.8) is 0 Å². The Morgan fingerprint density at radius 1 is 1.56 bits per heavy atom. The number of carbonyl (C=O) groups excluding carboxylic acids is 1. The molecule has 0 spiro atoms. The zero-order valence-electron chi connectivity index (χ0n) is 10.1. The summed E-state index contributed by atoms with van der Waals surface area (Å²) < 4.78 is 5.18. The molecule has 6 heteroatoms. The standard InChI is InChI=1S/C12H13N3O3/c1-7-3-10(17)9(4-14-8(2)16)12(15-7)11-5-13-6-18-11/h3,5-6H,4H2,1-2H3,(H,14,16)(H,15,17). The zero-order chi connectivity index (χ0) is 13.1. The molecule has 2 N–H and O–H groups in total. The second-order valence-electron chi connectivity index (χ2n) is 3.95. The first-order chi connectivity index (χ1) is 8.58. The van der Waals surface area contributed by atoms with E-state index in [4.69, 9.17) is 4.42 Å². The topological polar surface area (TPSA) is 88.0 Å². The molecule has 0 atom stereocenters. The van der Waals surface area contributed by atoms with Crippen LogP contribution in [0.4, 0.5) is 0 Å². The lowest BCUT2D eigenvalue weighted by Gasteiger charge is -2.08. The van der Waals surface area contributed by atoms with Gasteiger partial charge in [-0.1, -0.05) is 0 Å². The summed E-state index contributed by atoms with van der Waals surface area (Å²) in [6.07, 6.45) is 2.81. The zero-order valence-corrected chi connectivity index (χ0v) is 10.1. The average molecular weight is 247 g/mol. The third-order valence-electron chi connectivity index (χ3n) is 2.46. The number of aromatic nitrogens is 2. The molecule has 0 aliphatic heterocycles. The van der Waals surface area contributed by atoms with Crippen LogP contribution in [0.25, 0.3) is 11.5 Å². The van der Waals surface area contributed by atoms with E-state index in [0.29, 0.717) is 17.0 Å². The van der Waals surface area contributed by atoms with Gasteiger partial charge in [0.25, 0.3) is 0 Å². The van der Waals surface area contributed by atoms with Crippen molar-refractivity contribution >= 4 is 5.91 Å². The molecule has 94 valence electrons. The molecule has 0 aromatic carbocycles. The lowest BCUT2D eigenvalue weighted by atomic mass is 10.1. The van der Waals surface area contributed by atoms with Gasteiger partial charge in [-0.2, -0.15) is 0 Å². The summed E-state index contributed by atoms with van der Waals surface area (Å²) in [7, 11) is 0. The van der Waals surface area contributed by atoms with Crippen molar-refractivity contribution in [3.8, 4) is 11.5 Å². The van der Waals surface area contributed by atoms with E-state index in [0.717, 1.165) is 5.69 Å². The highest BCUT2D eigenvalue weighted by atomic mass is 16.3. The van der Waals surface area contributed by atoms with Crippen LogP contribution in [0.3, 0.4) is 0 Å². The van der Waals surface area contributed by atoms with E-state index >= 15 is 0 Å². The Hall–Kier alpha value is -2.37. The highest BCUT2D eigenvalue weighted by Gasteiger charge is 2.13. The number of H-pyrrole nitrogens is 1. The van der Waals surface area contributed by atoms with Crippen LogP contribution in [0.15, 0.2) is 27.9 Å². The predicted molar refractivity (Wildman–Crippen MR) is 64.8 cm³/mol. The van der Waals surface area contributed by atoms with Gasteiger partial charge >= 0.3 is 0 Å². The number of oxazole rings is 1. The summed E-state index contributed by atoms with van der Waals surface area (Å²) in [5.41, 5.74) is 1.57. The minimum atomic E-state index is -0.196. The van der Waals surface area contributed by atoms with Crippen molar-refractivity contribution in [2.45, 2.75) is 20.4 Å². The van der Waals surface area contributed by atoms with Crippen LogP contribution in [-0.2, 0) is 11.3 Å². The molecule has 18 heavy (non-hydrogen) atoms. The number of hydrogen-bond acceptors (Lipinski definition) is 4. The third-order valence-corrected chi connectivity index (χ3v) is 2.46.